The summed E-state index contributed by atoms with van der Waals surface area (Å²) in [6.45, 7) is 1.71. The first-order valence-electron chi connectivity index (χ1n) is 6.94. The minimum atomic E-state index is -0.376. The number of hydrazone groups is 1. The third-order valence-corrected chi connectivity index (χ3v) is 3.39. The molecule has 120 valence electrons. The maximum Gasteiger partial charge on any atom is 0.277 e. The van der Waals surface area contributed by atoms with Crippen molar-refractivity contribution in [2.75, 3.05) is 13.7 Å². The first-order valence-corrected chi connectivity index (χ1v) is 7.32. The van der Waals surface area contributed by atoms with E-state index in [9.17, 15) is 4.79 Å². The number of amides is 1. The zero-order valence-electron chi connectivity index (χ0n) is 12.9. The van der Waals surface area contributed by atoms with Crippen molar-refractivity contribution in [3.63, 3.8) is 0 Å². The van der Waals surface area contributed by atoms with Crippen molar-refractivity contribution in [1.82, 2.24) is 5.43 Å². The van der Waals surface area contributed by atoms with Gasteiger partial charge < -0.3 is 9.47 Å². The molecule has 0 aliphatic carbocycles. The zero-order valence-corrected chi connectivity index (χ0v) is 13.6. The van der Waals surface area contributed by atoms with Crippen LogP contribution in [0.4, 0.5) is 0 Å². The molecule has 5 nitrogen and oxygen atoms in total. The Hall–Kier alpha value is -2.53. The van der Waals surface area contributed by atoms with Crippen LogP contribution in [-0.2, 0) is 4.79 Å². The summed E-state index contributed by atoms with van der Waals surface area (Å²) in [4.78, 5) is 11.8. The molecular weight excluding hydrogens is 316 g/mol. The quantitative estimate of drug-likeness (QED) is 0.653. The summed E-state index contributed by atoms with van der Waals surface area (Å²) >= 11 is 5.99. The number of benzene rings is 2. The number of para-hydroxylation sites is 1. The summed E-state index contributed by atoms with van der Waals surface area (Å²) in [7, 11) is 1.55. The number of halogens is 1. The summed E-state index contributed by atoms with van der Waals surface area (Å²) in [5, 5.41) is 4.42. The Balaban J connectivity index is 1.90. The summed E-state index contributed by atoms with van der Waals surface area (Å²) < 4.78 is 10.7. The van der Waals surface area contributed by atoms with Crippen molar-refractivity contribution in [1.29, 1.82) is 0 Å². The number of methoxy groups -OCH3 is 1. The van der Waals surface area contributed by atoms with Gasteiger partial charge in [0.2, 0.25) is 0 Å². The van der Waals surface area contributed by atoms with Crippen molar-refractivity contribution in [2.45, 2.75) is 6.92 Å². The van der Waals surface area contributed by atoms with Crippen molar-refractivity contribution in [3.05, 3.63) is 58.6 Å². The monoisotopic (exact) mass is 332 g/mol. The maximum absolute atomic E-state index is 11.8. The molecule has 0 aliphatic heterocycles. The van der Waals surface area contributed by atoms with E-state index in [-0.39, 0.29) is 12.5 Å². The number of hydrogen-bond acceptors (Lipinski definition) is 4. The largest absolute Gasteiger partial charge is 0.493 e. The van der Waals surface area contributed by atoms with E-state index in [1.165, 1.54) is 6.21 Å². The lowest BCUT2D eigenvalue weighted by Crippen LogP contribution is -2.24. The van der Waals surface area contributed by atoms with Crippen molar-refractivity contribution in [2.24, 2.45) is 5.10 Å². The van der Waals surface area contributed by atoms with Gasteiger partial charge in [0.05, 0.1) is 13.3 Å². The van der Waals surface area contributed by atoms with Crippen LogP contribution in [0.15, 0.2) is 47.6 Å². The van der Waals surface area contributed by atoms with Gasteiger partial charge in [0.25, 0.3) is 5.91 Å². The molecule has 0 spiro atoms. The summed E-state index contributed by atoms with van der Waals surface area (Å²) in [6.07, 6.45) is 1.48. The SMILES string of the molecule is COc1cccc(C)c1OCC(=O)N/N=C\c1ccccc1Cl. The number of rotatable bonds is 6. The Bertz CT molecular complexity index is 717. The zero-order chi connectivity index (χ0) is 16.7. The second-order valence-corrected chi connectivity index (χ2v) is 5.12. The fourth-order valence-electron chi connectivity index (χ4n) is 1.89. The Morgan fingerprint density at radius 2 is 2.04 bits per heavy atom. The van der Waals surface area contributed by atoms with E-state index in [0.717, 1.165) is 11.1 Å². The molecule has 1 N–H and O–H groups in total. The lowest BCUT2D eigenvalue weighted by atomic mass is 10.2. The van der Waals surface area contributed by atoms with Crippen LogP contribution < -0.4 is 14.9 Å². The molecule has 0 unspecified atom stereocenters. The molecule has 0 radical (unpaired) electrons. The van der Waals surface area contributed by atoms with Crippen LogP contribution in [0.5, 0.6) is 11.5 Å². The van der Waals surface area contributed by atoms with Gasteiger partial charge in [-0.15, -0.1) is 0 Å². The van der Waals surface area contributed by atoms with Gasteiger partial charge in [-0.3, -0.25) is 4.79 Å². The standard InChI is InChI=1S/C17H17ClN2O3/c1-12-6-5-9-15(22-2)17(12)23-11-16(21)20-19-10-13-7-3-4-8-14(13)18/h3-10H,11H2,1-2H3,(H,20,21)/b19-10-. The van der Waals surface area contributed by atoms with Crippen LogP contribution in [0.1, 0.15) is 11.1 Å². The second kappa shape index (κ2) is 8.19. The van der Waals surface area contributed by atoms with E-state index in [1.807, 2.05) is 31.2 Å². The average molecular weight is 333 g/mol. The summed E-state index contributed by atoms with van der Waals surface area (Å²) in [5.74, 6) is 0.746. The summed E-state index contributed by atoms with van der Waals surface area (Å²) in [6, 6.07) is 12.7. The molecule has 2 aromatic rings. The van der Waals surface area contributed by atoms with Crippen LogP contribution >= 0.6 is 11.6 Å². The highest BCUT2D eigenvalue weighted by atomic mass is 35.5. The van der Waals surface area contributed by atoms with E-state index in [2.05, 4.69) is 10.5 Å². The van der Waals surface area contributed by atoms with Gasteiger partial charge in [-0.05, 0) is 24.6 Å². The van der Waals surface area contributed by atoms with E-state index in [1.54, 1.807) is 25.3 Å². The lowest BCUT2D eigenvalue weighted by molar-refractivity contribution is -0.123. The van der Waals surface area contributed by atoms with Crippen LogP contribution in [0.2, 0.25) is 5.02 Å². The fourth-order valence-corrected chi connectivity index (χ4v) is 2.08. The van der Waals surface area contributed by atoms with Gasteiger partial charge in [-0.2, -0.15) is 5.10 Å². The number of aryl methyl sites for hydroxylation is 1. The van der Waals surface area contributed by atoms with E-state index >= 15 is 0 Å². The second-order valence-electron chi connectivity index (χ2n) is 4.71. The number of carbonyl (C=O) groups is 1. The minimum Gasteiger partial charge on any atom is -0.493 e. The number of nitrogens with one attached hydrogen (secondary N) is 1. The maximum atomic E-state index is 11.8. The highest BCUT2D eigenvalue weighted by Gasteiger charge is 2.09. The van der Waals surface area contributed by atoms with Crippen molar-refractivity contribution >= 4 is 23.7 Å². The third kappa shape index (κ3) is 4.72. The minimum absolute atomic E-state index is 0.166. The van der Waals surface area contributed by atoms with Crippen molar-refractivity contribution < 1.29 is 14.3 Å². The Morgan fingerprint density at radius 1 is 1.26 bits per heavy atom. The molecule has 0 bridgehead atoms. The lowest BCUT2D eigenvalue weighted by Gasteiger charge is -2.12. The van der Waals surface area contributed by atoms with E-state index in [4.69, 9.17) is 21.1 Å². The third-order valence-electron chi connectivity index (χ3n) is 3.04. The number of hydrogen-bond donors (Lipinski definition) is 1. The van der Waals surface area contributed by atoms with Crippen LogP contribution in [0.25, 0.3) is 0 Å². The molecule has 0 heterocycles. The van der Waals surface area contributed by atoms with Gasteiger partial charge in [-0.25, -0.2) is 5.43 Å². The fraction of sp³-hybridized carbons (Fsp3) is 0.176. The van der Waals surface area contributed by atoms with Crippen LogP contribution in [-0.4, -0.2) is 25.8 Å². The van der Waals surface area contributed by atoms with Gasteiger partial charge >= 0.3 is 0 Å². The first-order chi connectivity index (χ1) is 11.1. The van der Waals surface area contributed by atoms with Gasteiger partial charge in [-0.1, -0.05) is 41.9 Å². The molecule has 0 atom stereocenters. The number of carbonyl (C=O) groups excluding carboxylic acids is 1. The van der Waals surface area contributed by atoms with Crippen LogP contribution in [0, 0.1) is 6.92 Å². The molecule has 0 aliphatic rings. The smallest absolute Gasteiger partial charge is 0.277 e. The normalized spacial score (nSPS) is 10.6. The molecule has 0 saturated heterocycles. The number of ether oxygens (including phenoxy) is 2. The van der Waals surface area contributed by atoms with E-state index < -0.39 is 0 Å². The molecule has 0 aromatic heterocycles. The highest BCUT2D eigenvalue weighted by Crippen LogP contribution is 2.30. The summed E-state index contributed by atoms with van der Waals surface area (Å²) in [5.41, 5.74) is 4.00. The molecule has 2 rings (SSSR count). The van der Waals surface area contributed by atoms with E-state index in [0.29, 0.717) is 16.5 Å². The highest BCUT2D eigenvalue weighted by molar-refractivity contribution is 6.33. The van der Waals surface area contributed by atoms with Gasteiger partial charge in [0.15, 0.2) is 18.1 Å². The van der Waals surface area contributed by atoms with Gasteiger partial charge in [0, 0.05) is 10.6 Å². The Morgan fingerprint density at radius 3 is 2.78 bits per heavy atom. The molecular formula is C17H17ClN2O3. The molecule has 2 aromatic carbocycles. The topological polar surface area (TPSA) is 59.9 Å². The molecule has 23 heavy (non-hydrogen) atoms. The van der Waals surface area contributed by atoms with Crippen LogP contribution in [0.3, 0.4) is 0 Å². The predicted molar refractivity (Wildman–Crippen MR) is 90.4 cm³/mol. The van der Waals surface area contributed by atoms with Crippen molar-refractivity contribution in [3.8, 4) is 11.5 Å². The molecule has 1 amide bonds. The van der Waals surface area contributed by atoms with Gasteiger partial charge in [0.1, 0.15) is 0 Å². The molecule has 0 saturated carbocycles. The molecule has 6 heteroatoms. The first kappa shape index (κ1) is 16.8. The number of nitrogens with zero attached hydrogens (tertiary/aromatic N) is 1. The average Bonchev–Trinajstić information content (AvgIpc) is 2.55. The Kier molecular flexibility index (Phi) is 6.00. The Labute approximate surface area is 139 Å². The predicted octanol–water partition coefficient (Wildman–Crippen LogP) is 3.19. The molecule has 0 fully saturated rings.